The first-order chi connectivity index (χ1) is 7.51. The molecule has 0 aromatic rings. The van der Waals surface area contributed by atoms with E-state index in [1.165, 1.54) is 6.42 Å². The standard InChI is InChI=1S/C13H25NO2/c1-4-13(2,3)12(16)14-11-8-6-5-7-10(11)9-15/h10-11,15H,4-9H2,1-3H3,(H,14,16). The van der Waals surface area contributed by atoms with Gasteiger partial charge in [-0.15, -0.1) is 0 Å². The third kappa shape index (κ3) is 3.21. The molecule has 0 aromatic carbocycles. The molecule has 2 atom stereocenters. The van der Waals surface area contributed by atoms with E-state index in [1.807, 2.05) is 20.8 Å². The summed E-state index contributed by atoms with van der Waals surface area (Å²) in [6.07, 6.45) is 5.23. The molecule has 0 radical (unpaired) electrons. The van der Waals surface area contributed by atoms with E-state index in [2.05, 4.69) is 5.32 Å². The van der Waals surface area contributed by atoms with Crippen molar-refractivity contribution in [3.63, 3.8) is 0 Å². The predicted octanol–water partition coefficient (Wildman–Crippen LogP) is 2.09. The van der Waals surface area contributed by atoms with Gasteiger partial charge in [-0.25, -0.2) is 0 Å². The second-order valence-corrected chi connectivity index (χ2v) is 5.54. The Kier molecular flexibility index (Phi) is 4.78. The molecule has 0 bridgehead atoms. The smallest absolute Gasteiger partial charge is 0.225 e. The van der Waals surface area contributed by atoms with Crippen molar-refractivity contribution in [3.8, 4) is 0 Å². The lowest BCUT2D eigenvalue weighted by molar-refractivity contribution is -0.131. The van der Waals surface area contributed by atoms with Gasteiger partial charge in [0, 0.05) is 24.0 Å². The van der Waals surface area contributed by atoms with Gasteiger partial charge in [0.15, 0.2) is 0 Å². The Morgan fingerprint density at radius 2 is 2.00 bits per heavy atom. The van der Waals surface area contributed by atoms with E-state index in [-0.39, 0.29) is 29.9 Å². The first-order valence-corrected chi connectivity index (χ1v) is 6.43. The molecule has 0 spiro atoms. The maximum Gasteiger partial charge on any atom is 0.225 e. The van der Waals surface area contributed by atoms with Crippen LogP contribution >= 0.6 is 0 Å². The molecule has 0 saturated heterocycles. The van der Waals surface area contributed by atoms with E-state index in [0.29, 0.717) is 0 Å². The fourth-order valence-electron chi connectivity index (χ4n) is 2.14. The highest BCUT2D eigenvalue weighted by Crippen LogP contribution is 2.26. The molecule has 2 N–H and O–H groups in total. The van der Waals surface area contributed by atoms with Crippen LogP contribution in [-0.2, 0) is 4.79 Å². The Bertz CT molecular complexity index is 238. The number of nitrogens with one attached hydrogen (secondary N) is 1. The third-order valence-corrected chi connectivity index (χ3v) is 3.96. The Balaban J connectivity index is 2.54. The molecule has 0 heterocycles. The molecule has 1 amide bonds. The van der Waals surface area contributed by atoms with E-state index < -0.39 is 0 Å². The van der Waals surface area contributed by atoms with Crippen LogP contribution in [0.15, 0.2) is 0 Å². The molecular weight excluding hydrogens is 202 g/mol. The van der Waals surface area contributed by atoms with Gasteiger partial charge in [-0.3, -0.25) is 4.79 Å². The minimum absolute atomic E-state index is 0.125. The zero-order chi connectivity index (χ0) is 12.2. The third-order valence-electron chi connectivity index (χ3n) is 3.96. The SMILES string of the molecule is CCC(C)(C)C(=O)NC1CCCCC1CO. The quantitative estimate of drug-likeness (QED) is 0.772. The first-order valence-electron chi connectivity index (χ1n) is 6.43. The van der Waals surface area contributed by atoms with Crippen LogP contribution < -0.4 is 5.32 Å². The Labute approximate surface area is 98.6 Å². The van der Waals surface area contributed by atoms with Crippen molar-refractivity contribution in [2.45, 2.75) is 58.9 Å². The van der Waals surface area contributed by atoms with Crippen LogP contribution in [0.3, 0.4) is 0 Å². The molecule has 3 nitrogen and oxygen atoms in total. The molecule has 1 aliphatic rings. The molecule has 2 unspecified atom stereocenters. The van der Waals surface area contributed by atoms with E-state index >= 15 is 0 Å². The van der Waals surface area contributed by atoms with Crippen LogP contribution in [0.4, 0.5) is 0 Å². The number of amides is 1. The summed E-state index contributed by atoms with van der Waals surface area (Å²) in [5, 5.41) is 12.4. The van der Waals surface area contributed by atoms with Gasteiger partial charge in [0.05, 0.1) is 0 Å². The summed E-state index contributed by atoms with van der Waals surface area (Å²) in [6.45, 7) is 6.17. The molecular formula is C13H25NO2. The average Bonchev–Trinajstić information content (AvgIpc) is 2.29. The highest BCUT2D eigenvalue weighted by atomic mass is 16.3. The Morgan fingerprint density at radius 3 is 2.56 bits per heavy atom. The fourth-order valence-corrected chi connectivity index (χ4v) is 2.14. The van der Waals surface area contributed by atoms with Crippen LogP contribution in [0.1, 0.15) is 52.9 Å². The van der Waals surface area contributed by atoms with Crippen molar-refractivity contribution in [2.24, 2.45) is 11.3 Å². The van der Waals surface area contributed by atoms with Crippen molar-refractivity contribution < 1.29 is 9.90 Å². The van der Waals surface area contributed by atoms with Gasteiger partial charge < -0.3 is 10.4 Å². The highest BCUT2D eigenvalue weighted by Gasteiger charge is 2.31. The Morgan fingerprint density at radius 1 is 1.38 bits per heavy atom. The zero-order valence-electron chi connectivity index (χ0n) is 10.8. The molecule has 0 aromatic heterocycles. The highest BCUT2D eigenvalue weighted by molar-refractivity contribution is 5.82. The fraction of sp³-hybridized carbons (Fsp3) is 0.923. The van der Waals surface area contributed by atoms with E-state index in [9.17, 15) is 9.90 Å². The molecule has 0 aliphatic heterocycles. The van der Waals surface area contributed by atoms with Gasteiger partial charge in [-0.2, -0.15) is 0 Å². The number of carbonyl (C=O) groups is 1. The maximum atomic E-state index is 12.0. The topological polar surface area (TPSA) is 49.3 Å². The van der Waals surface area contributed by atoms with Crippen molar-refractivity contribution in [1.29, 1.82) is 0 Å². The van der Waals surface area contributed by atoms with E-state index in [4.69, 9.17) is 0 Å². The zero-order valence-corrected chi connectivity index (χ0v) is 10.8. The largest absolute Gasteiger partial charge is 0.396 e. The molecule has 1 saturated carbocycles. The van der Waals surface area contributed by atoms with Crippen LogP contribution in [-0.4, -0.2) is 23.7 Å². The summed E-state index contributed by atoms with van der Waals surface area (Å²) < 4.78 is 0. The number of aliphatic hydroxyl groups excluding tert-OH is 1. The summed E-state index contributed by atoms with van der Waals surface area (Å²) in [7, 11) is 0. The molecule has 16 heavy (non-hydrogen) atoms. The predicted molar refractivity (Wildman–Crippen MR) is 65.0 cm³/mol. The number of aliphatic hydroxyl groups is 1. The summed E-state index contributed by atoms with van der Waals surface area (Å²) in [4.78, 5) is 12.0. The lowest BCUT2D eigenvalue weighted by Crippen LogP contribution is -2.48. The summed E-state index contributed by atoms with van der Waals surface area (Å²) >= 11 is 0. The van der Waals surface area contributed by atoms with E-state index in [1.54, 1.807) is 0 Å². The van der Waals surface area contributed by atoms with Crippen molar-refractivity contribution >= 4 is 5.91 Å². The lowest BCUT2D eigenvalue weighted by Gasteiger charge is -2.33. The van der Waals surface area contributed by atoms with Gasteiger partial charge in [-0.05, 0) is 19.3 Å². The van der Waals surface area contributed by atoms with Crippen molar-refractivity contribution in [3.05, 3.63) is 0 Å². The second kappa shape index (κ2) is 5.67. The van der Waals surface area contributed by atoms with E-state index in [0.717, 1.165) is 25.7 Å². The molecule has 1 aliphatic carbocycles. The van der Waals surface area contributed by atoms with Crippen LogP contribution in [0.5, 0.6) is 0 Å². The van der Waals surface area contributed by atoms with Crippen LogP contribution in [0.25, 0.3) is 0 Å². The monoisotopic (exact) mass is 227 g/mol. The number of hydrogen-bond acceptors (Lipinski definition) is 2. The normalized spacial score (nSPS) is 26.5. The molecule has 1 fully saturated rings. The molecule has 3 heteroatoms. The number of hydrogen-bond donors (Lipinski definition) is 2. The number of carbonyl (C=O) groups excluding carboxylic acids is 1. The molecule has 1 rings (SSSR count). The first kappa shape index (κ1) is 13.5. The van der Waals surface area contributed by atoms with Crippen LogP contribution in [0.2, 0.25) is 0 Å². The Hall–Kier alpha value is -0.570. The van der Waals surface area contributed by atoms with Gasteiger partial charge in [0.25, 0.3) is 0 Å². The van der Waals surface area contributed by atoms with Gasteiger partial charge >= 0.3 is 0 Å². The van der Waals surface area contributed by atoms with Gasteiger partial charge in [-0.1, -0.05) is 33.6 Å². The maximum absolute atomic E-state index is 12.0. The van der Waals surface area contributed by atoms with Crippen LogP contribution in [0, 0.1) is 11.3 Å². The lowest BCUT2D eigenvalue weighted by atomic mass is 9.83. The average molecular weight is 227 g/mol. The summed E-state index contributed by atoms with van der Waals surface area (Å²) in [6, 6.07) is 0.178. The van der Waals surface area contributed by atoms with Crippen molar-refractivity contribution in [2.75, 3.05) is 6.61 Å². The molecule has 94 valence electrons. The van der Waals surface area contributed by atoms with Crippen molar-refractivity contribution in [1.82, 2.24) is 5.32 Å². The minimum Gasteiger partial charge on any atom is -0.396 e. The summed E-state index contributed by atoms with van der Waals surface area (Å²) in [5.41, 5.74) is -0.294. The van der Waals surface area contributed by atoms with Gasteiger partial charge in [0.2, 0.25) is 5.91 Å². The second-order valence-electron chi connectivity index (χ2n) is 5.54. The van der Waals surface area contributed by atoms with Gasteiger partial charge in [0.1, 0.15) is 0 Å². The minimum atomic E-state index is -0.294. The summed E-state index contributed by atoms with van der Waals surface area (Å²) in [5.74, 6) is 0.380. The number of rotatable bonds is 4.